The van der Waals surface area contributed by atoms with E-state index in [9.17, 15) is 0 Å². The molecule has 3 aromatic heterocycles. The van der Waals surface area contributed by atoms with Gasteiger partial charge < -0.3 is 13.6 Å². The van der Waals surface area contributed by atoms with Crippen LogP contribution in [-0.4, -0.2) is 15.0 Å². The van der Waals surface area contributed by atoms with Crippen LogP contribution in [0.5, 0.6) is 17.2 Å². The Morgan fingerprint density at radius 3 is 0.938 bits per heavy atom. The predicted molar refractivity (Wildman–Crippen MR) is 188 cm³/mol. The first kappa shape index (κ1) is 27.7. The van der Waals surface area contributed by atoms with Crippen molar-refractivity contribution in [2.75, 3.05) is 14.0 Å². The summed E-state index contributed by atoms with van der Waals surface area (Å²) in [7, 11) is -10.6. The number of benzene rings is 3. The van der Waals surface area contributed by atoms with Crippen molar-refractivity contribution in [3.63, 3.8) is 0 Å². The first-order chi connectivity index (χ1) is 23.7. The third kappa shape index (κ3) is 3.97. The van der Waals surface area contributed by atoms with E-state index in [1.54, 1.807) is 18.6 Å². The van der Waals surface area contributed by atoms with Gasteiger partial charge in [-0.3, -0.25) is 0 Å². The molecule has 0 amide bonds. The Morgan fingerprint density at radius 1 is 0.354 bits per heavy atom. The van der Waals surface area contributed by atoms with E-state index in [2.05, 4.69) is 0 Å². The van der Waals surface area contributed by atoms with E-state index < -0.39 is 22.7 Å². The maximum absolute atomic E-state index is 7.05. The predicted octanol–water partition coefficient (Wildman–Crippen LogP) is 10.7. The molecule has 0 unspecified atom stereocenters. The lowest BCUT2D eigenvalue weighted by Crippen LogP contribution is -2.20. The molecule has 0 aliphatic carbocycles. The van der Waals surface area contributed by atoms with Crippen LogP contribution in [0.1, 0.15) is 0 Å². The molecule has 0 fully saturated rings. The molecule has 7 heterocycles. The van der Waals surface area contributed by atoms with E-state index in [1.807, 2.05) is 141 Å². The Bertz CT molecular complexity index is 2130. The number of para-hydroxylation sites is 6. The Kier molecular flexibility index (Phi) is 5.94. The van der Waals surface area contributed by atoms with Crippen LogP contribution >= 0.6 is 22.7 Å². The van der Waals surface area contributed by atoms with E-state index in [0.717, 1.165) is 17.1 Å². The van der Waals surface area contributed by atoms with E-state index in [-0.39, 0.29) is 0 Å². The quantitative estimate of drug-likeness (QED) is 0.168. The van der Waals surface area contributed by atoms with Gasteiger partial charge in [-0.2, -0.15) is 0 Å². The van der Waals surface area contributed by atoms with Crippen molar-refractivity contribution in [1.29, 1.82) is 0 Å². The number of anilines is 6. The summed E-state index contributed by atoms with van der Waals surface area (Å²) in [5.41, 5.74) is 2.37. The number of hydrogen-bond donors (Lipinski definition) is 0. The van der Waals surface area contributed by atoms with Crippen LogP contribution in [0.2, 0.25) is 0 Å². The lowest BCUT2D eigenvalue weighted by molar-refractivity contribution is 0.601. The van der Waals surface area contributed by atoms with Crippen molar-refractivity contribution in [2.45, 2.75) is 0 Å². The second kappa shape index (κ2) is 10.3. The minimum atomic E-state index is -3.52. The lowest BCUT2D eigenvalue weighted by Gasteiger charge is -2.37. The average Bonchev–Trinajstić information content (AvgIpc) is 3.72. The Balaban J connectivity index is 1.36. The Hall–Kier alpha value is -5.40. The van der Waals surface area contributed by atoms with Crippen molar-refractivity contribution in [3.8, 4) is 17.2 Å². The van der Waals surface area contributed by atoms with Crippen LogP contribution < -0.4 is 27.6 Å². The molecular weight excluding hydrogens is 663 g/mol. The summed E-state index contributed by atoms with van der Waals surface area (Å²) >= 11 is 0. The molecule has 10 rings (SSSR count). The molecule has 0 saturated carbocycles. The normalized spacial score (nSPS) is 24.1. The SMILES string of the molecule is c1ccc(N2c3ccccc3OP23=NP2(=NP4(=N3)Oc3ccccc3N4c3ccccn3)Oc3ccccc3N2c2ccccn2)nc1. The summed E-state index contributed by atoms with van der Waals surface area (Å²) in [6.07, 6.45) is 5.25. The fourth-order valence-corrected chi connectivity index (χ4v) is 18.0. The second-order valence-corrected chi connectivity index (χ2v) is 18.0. The molecule has 0 atom stereocenters. The fraction of sp³-hybridized carbons (Fsp3) is 0. The van der Waals surface area contributed by atoms with Crippen LogP contribution in [0, 0.1) is 0 Å². The summed E-state index contributed by atoms with van der Waals surface area (Å²) in [5.74, 6) is 3.77. The zero-order valence-electron chi connectivity index (χ0n) is 24.9. The van der Waals surface area contributed by atoms with Crippen LogP contribution in [0.4, 0.5) is 34.5 Å². The summed E-state index contributed by atoms with van der Waals surface area (Å²) in [6.45, 7) is 0. The van der Waals surface area contributed by atoms with Gasteiger partial charge >= 0.3 is 22.7 Å². The van der Waals surface area contributed by atoms with Gasteiger partial charge in [-0.05, 0) is 72.8 Å². The number of rotatable bonds is 3. The third-order valence-electron chi connectivity index (χ3n) is 8.02. The largest absolute Gasteiger partial charge is 0.424 e. The van der Waals surface area contributed by atoms with Crippen LogP contribution in [-0.2, 0) is 0 Å². The van der Waals surface area contributed by atoms with Gasteiger partial charge in [-0.25, -0.2) is 29.0 Å². The van der Waals surface area contributed by atoms with Crippen LogP contribution in [0.25, 0.3) is 0 Å². The van der Waals surface area contributed by atoms with Gasteiger partial charge in [-0.15, -0.1) is 13.5 Å². The molecule has 4 aliphatic heterocycles. The van der Waals surface area contributed by atoms with E-state index in [0.29, 0.717) is 34.7 Å². The van der Waals surface area contributed by atoms with Gasteiger partial charge in [0.15, 0.2) is 17.2 Å². The summed E-state index contributed by atoms with van der Waals surface area (Å²) in [4.78, 5) is 14.4. The minimum absolute atomic E-state index is 0.628. The molecule has 4 aliphatic rings. The van der Waals surface area contributed by atoms with Crippen LogP contribution in [0.3, 0.4) is 0 Å². The number of pyridine rings is 3. The number of nitrogens with zero attached hydrogens (tertiary/aromatic N) is 9. The topological polar surface area (TPSA) is 113 Å². The van der Waals surface area contributed by atoms with Crippen LogP contribution in [0.15, 0.2) is 160 Å². The van der Waals surface area contributed by atoms with E-state index >= 15 is 0 Å². The monoisotopic (exact) mass is 687 g/mol. The van der Waals surface area contributed by atoms with Gasteiger partial charge in [0.25, 0.3) is 0 Å². The van der Waals surface area contributed by atoms with Crippen molar-refractivity contribution in [1.82, 2.24) is 15.0 Å². The van der Waals surface area contributed by atoms with Gasteiger partial charge in [-0.1, -0.05) is 54.6 Å². The third-order valence-corrected chi connectivity index (χ3v) is 17.8. The van der Waals surface area contributed by atoms with Crippen molar-refractivity contribution >= 4 is 57.3 Å². The smallest absolute Gasteiger partial charge is 0.370 e. The molecule has 0 N–H and O–H groups in total. The summed E-state index contributed by atoms with van der Waals surface area (Å²) < 4.78 is 44.0. The summed E-state index contributed by atoms with van der Waals surface area (Å²) in [6, 6.07) is 40.7. The molecule has 3 aromatic carbocycles. The van der Waals surface area contributed by atoms with Gasteiger partial charge in [0.05, 0.1) is 17.1 Å². The van der Waals surface area contributed by atoms with Crippen molar-refractivity contribution in [2.24, 2.45) is 13.5 Å². The molecule has 6 aromatic rings. The Morgan fingerprint density at radius 2 is 0.646 bits per heavy atom. The molecule has 0 radical (unpaired) electrons. The fourth-order valence-electron chi connectivity index (χ4n) is 6.13. The maximum Gasteiger partial charge on any atom is 0.370 e. The standard InChI is InChI=1S/C33H24N9O3P3/c1-4-16-28-25(13-1)40(31-19-7-10-22-34-31)46(43-28)37-47(41(32-20-8-11-23-35-32)26-14-2-5-17-29(26)44-47)39-48(38-46)42(33-21-9-12-24-36-33)27-15-3-6-18-30(27)45-48/h1-24H. The highest BCUT2D eigenvalue weighted by atomic mass is 31.3. The molecule has 3 spiro atoms. The first-order valence-electron chi connectivity index (χ1n) is 15.1. The molecule has 0 saturated heterocycles. The number of aromatic nitrogens is 3. The minimum Gasteiger partial charge on any atom is -0.424 e. The van der Waals surface area contributed by atoms with Crippen molar-refractivity contribution in [3.05, 3.63) is 146 Å². The molecule has 234 valence electrons. The molecule has 48 heavy (non-hydrogen) atoms. The first-order valence-corrected chi connectivity index (χ1v) is 19.8. The van der Waals surface area contributed by atoms with Crippen molar-refractivity contribution < 1.29 is 13.6 Å². The average molecular weight is 688 g/mol. The lowest BCUT2D eigenvalue weighted by atomic mass is 10.3. The highest BCUT2D eigenvalue weighted by Crippen LogP contribution is 2.88. The van der Waals surface area contributed by atoms with E-state index in [4.69, 9.17) is 42.1 Å². The highest BCUT2D eigenvalue weighted by molar-refractivity contribution is 7.85. The highest BCUT2D eigenvalue weighted by Gasteiger charge is 2.58. The molecule has 0 bridgehead atoms. The van der Waals surface area contributed by atoms with Gasteiger partial charge in [0, 0.05) is 18.6 Å². The number of hydrogen-bond acceptors (Lipinski definition) is 12. The number of fused-ring (bicyclic) bond motifs is 3. The van der Waals surface area contributed by atoms with Gasteiger partial charge in [0.2, 0.25) is 0 Å². The Labute approximate surface area is 276 Å². The summed E-state index contributed by atoms with van der Waals surface area (Å²) in [5, 5.41) is 0. The van der Waals surface area contributed by atoms with Gasteiger partial charge in [0.1, 0.15) is 17.5 Å². The molecule has 12 nitrogen and oxygen atoms in total. The zero-order chi connectivity index (χ0) is 31.8. The molecular formula is C33H24N9O3P3. The second-order valence-electron chi connectivity index (χ2n) is 11.0. The zero-order valence-corrected chi connectivity index (χ0v) is 27.6. The molecule has 15 heteroatoms. The van der Waals surface area contributed by atoms with E-state index in [1.165, 1.54) is 0 Å². The maximum atomic E-state index is 7.05.